The van der Waals surface area contributed by atoms with Crippen molar-refractivity contribution in [2.75, 3.05) is 18.5 Å². The number of carbonyl (C=O) groups is 1. The molecule has 2 N–H and O–H groups in total. The van der Waals surface area contributed by atoms with E-state index in [9.17, 15) is 4.79 Å². The third kappa shape index (κ3) is 1.96. The van der Waals surface area contributed by atoms with Crippen molar-refractivity contribution in [1.82, 2.24) is 0 Å². The van der Waals surface area contributed by atoms with Crippen LogP contribution in [-0.2, 0) is 4.79 Å². The van der Waals surface area contributed by atoms with Gasteiger partial charge in [0.05, 0.1) is 0 Å². The summed E-state index contributed by atoms with van der Waals surface area (Å²) in [6.45, 7) is 0.995. The molecular formula is C12H16N2O. The monoisotopic (exact) mass is 204 g/mol. The zero-order chi connectivity index (χ0) is 10.8. The van der Waals surface area contributed by atoms with Gasteiger partial charge in [0.1, 0.15) is 0 Å². The number of rotatable bonds is 2. The molecule has 0 saturated carbocycles. The van der Waals surface area contributed by atoms with Crippen molar-refractivity contribution in [2.24, 2.45) is 5.73 Å². The summed E-state index contributed by atoms with van der Waals surface area (Å²) in [5, 5.41) is 0. The molecule has 0 aliphatic carbocycles. The minimum atomic E-state index is -0.209. The van der Waals surface area contributed by atoms with Crippen molar-refractivity contribution in [3.63, 3.8) is 0 Å². The summed E-state index contributed by atoms with van der Waals surface area (Å²) in [7, 11) is 2.08. The second-order valence-electron chi connectivity index (χ2n) is 4.14. The van der Waals surface area contributed by atoms with Crippen LogP contribution in [0.2, 0.25) is 0 Å². The van der Waals surface area contributed by atoms with Gasteiger partial charge in [-0.2, -0.15) is 0 Å². The fourth-order valence-corrected chi connectivity index (χ4v) is 2.26. The van der Waals surface area contributed by atoms with E-state index in [0.29, 0.717) is 12.3 Å². The second-order valence-corrected chi connectivity index (χ2v) is 4.14. The summed E-state index contributed by atoms with van der Waals surface area (Å²) in [5.41, 5.74) is 7.75. The van der Waals surface area contributed by atoms with E-state index in [1.165, 1.54) is 11.3 Å². The smallest absolute Gasteiger partial charge is 0.218 e. The number of hydrogen-bond acceptors (Lipinski definition) is 2. The molecule has 1 aromatic carbocycles. The molecular weight excluding hydrogens is 188 g/mol. The maximum absolute atomic E-state index is 11.0. The molecule has 3 heteroatoms. The number of primary amides is 1. The molecule has 1 aliphatic heterocycles. The number of amides is 1. The van der Waals surface area contributed by atoms with Crippen LogP contribution in [0.15, 0.2) is 24.3 Å². The van der Waals surface area contributed by atoms with Crippen LogP contribution >= 0.6 is 0 Å². The van der Waals surface area contributed by atoms with Gasteiger partial charge < -0.3 is 10.6 Å². The highest BCUT2D eigenvalue weighted by Crippen LogP contribution is 2.35. The van der Waals surface area contributed by atoms with Crippen LogP contribution in [0.4, 0.5) is 5.69 Å². The normalized spacial score (nSPS) is 19.8. The molecule has 0 aromatic heterocycles. The van der Waals surface area contributed by atoms with E-state index in [0.717, 1.165) is 13.0 Å². The van der Waals surface area contributed by atoms with Crippen LogP contribution in [0.5, 0.6) is 0 Å². The van der Waals surface area contributed by atoms with Crippen LogP contribution in [0.3, 0.4) is 0 Å². The zero-order valence-corrected chi connectivity index (χ0v) is 8.94. The Bertz CT molecular complexity index is 376. The third-order valence-corrected chi connectivity index (χ3v) is 3.05. The molecule has 1 aromatic rings. The van der Waals surface area contributed by atoms with Crippen molar-refractivity contribution in [1.29, 1.82) is 0 Å². The lowest BCUT2D eigenvalue weighted by Gasteiger charge is -2.32. The fraction of sp³-hybridized carbons (Fsp3) is 0.417. The van der Waals surface area contributed by atoms with Gasteiger partial charge in [0.15, 0.2) is 0 Å². The number of benzene rings is 1. The molecule has 15 heavy (non-hydrogen) atoms. The number of fused-ring (bicyclic) bond motifs is 1. The van der Waals surface area contributed by atoms with Gasteiger partial charge in [0.25, 0.3) is 0 Å². The molecule has 0 fully saturated rings. The number of carbonyl (C=O) groups excluding carboxylic acids is 1. The van der Waals surface area contributed by atoms with E-state index in [1.54, 1.807) is 0 Å². The lowest BCUT2D eigenvalue weighted by molar-refractivity contribution is -0.118. The van der Waals surface area contributed by atoms with Gasteiger partial charge in [0.2, 0.25) is 5.91 Å². The van der Waals surface area contributed by atoms with Crippen LogP contribution in [-0.4, -0.2) is 19.5 Å². The molecule has 1 amide bonds. The number of hydrogen-bond donors (Lipinski definition) is 1. The first-order valence-corrected chi connectivity index (χ1v) is 5.27. The highest BCUT2D eigenvalue weighted by Gasteiger charge is 2.23. The highest BCUT2D eigenvalue weighted by molar-refractivity contribution is 5.75. The molecule has 0 spiro atoms. The largest absolute Gasteiger partial charge is 0.374 e. The number of para-hydroxylation sites is 1. The van der Waals surface area contributed by atoms with Crippen molar-refractivity contribution in [3.8, 4) is 0 Å². The van der Waals surface area contributed by atoms with Crippen molar-refractivity contribution < 1.29 is 4.79 Å². The minimum absolute atomic E-state index is 0.209. The highest BCUT2D eigenvalue weighted by atomic mass is 16.1. The van der Waals surface area contributed by atoms with Crippen LogP contribution in [0, 0.1) is 0 Å². The third-order valence-electron chi connectivity index (χ3n) is 3.05. The predicted molar refractivity (Wildman–Crippen MR) is 60.9 cm³/mol. The Balaban J connectivity index is 2.31. The van der Waals surface area contributed by atoms with Crippen molar-refractivity contribution >= 4 is 11.6 Å². The van der Waals surface area contributed by atoms with E-state index in [4.69, 9.17) is 5.73 Å². The number of nitrogens with zero attached hydrogens (tertiary/aromatic N) is 1. The van der Waals surface area contributed by atoms with Crippen molar-refractivity contribution in [2.45, 2.75) is 18.8 Å². The molecule has 1 heterocycles. The molecule has 1 atom stereocenters. The summed E-state index contributed by atoms with van der Waals surface area (Å²) in [6.07, 6.45) is 1.47. The summed E-state index contributed by atoms with van der Waals surface area (Å²) >= 11 is 0. The zero-order valence-electron chi connectivity index (χ0n) is 8.94. The summed E-state index contributed by atoms with van der Waals surface area (Å²) in [4.78, 5) is 13.2. The van der Waals surface area contributed by atoms with E-state index in [2.05, 4.69) is 24.1 Å². The molecule has 1 unspecified atom stereocenters. The maximum Gasteiger partial charge on any atom is 0.218 e. The maximum atomic E-state index is 11.0. The quantitative estimate of drug-likeness (QED) is 0.793. The SMILES string of the molecule is CN1CCC(CC(N)=O)c2ccccc21. The van der Waals surface area contributed by atoms with Gasteiger partial charge >= 0.3 is 0 Å². The molecule has 3 nitrogen and oxygen atoms in total. The second kappa shape index (κ2) is 3.93. The first-order chi connectivity index (χ1) is 7.18. The molecule has 2 rings (SSSR count). The predicted octanol–water partition coefficient (Wildman–Crippen LogP) is 1.49. The van der Waals surface area contributed by atoms with Gasteiger partial charge in [-0.15, -0.1) is 0 Å². The van der Waals surface area contributed by atoms with Gasteiger partial charge in [0, 0.05) is 25.7 Å². The summed E-state index contributed by atoms with van der Waals surface area (Å²) in [6, 6.07) is 8.25. The molecule has 1 aliphatic rings. The Morgan fingerprint density at radius 3 is 3.00 bits per heavy atom. The Hall–Kier alpha value is -1.51. The average molecular weight is 204 g/mol. The lowest BCUT2D eigenvalue weighted by atomic mass is 9.87. The molecule has 0 bridgehead atoms. The van der Waals surface area contributed by atoms with Gasteiger partial charge in [-0.25, -0.2) is 0 Å². The molecule has 0 radical (unpaired) electrons. The van der Waals surface area contributed by atoms with Gasteiger partial charge in [-0.05, 0) is 24.0 Å². The van der Waals surface area contributed by atoms with Gasteiger partial charge in [-0.1, -0.05) is 18.2 Å². The lowest BCUT2D eigenvalue weighted by Crippen LogP contribution is -2.29. The summed E-state index contributed by atoms with van der Waals surface area (Å²) in [5.74, 6) is 0.0919. The standard InChI is InChI=1S/C12H16N2O/c1-14-7-6-9(8-12(13)15)10-4-2-3-5-11(10)14/h2-5,9H,6-8H2,1H3,(H2,13,15). The first-order valence-electron chi connectivity index (χ1n) is 5.27. The molecule has 80 valence electrons. The van der Waals surface area contributed by atoms with E-state index in [-0.39, 0.29) is 5.91 Å². The minimum Gasteiger partial charge on any atom is -0.374 e. The van der Waals surface area contributed by atoms with E-state index >= 15 is 0 Å². The molecule has 0 saturated heterocycles. The first kappa shape index (κ1) is 10.0. The Morgan fingerprint density at radius 1 is 1.53 bits per heavy atom. The van der Waals surface area contributed by atoms with Crippen LogP contribution in [0.1, 0.15) is 24.3 Å². The van der Waals surface area contributed by atoms with Crippen molar-refractivity contribution in [3.05, 3.63) is 29.8 Å². The Labute approximate surface area is 89.9 Å². The van der Waals surface area contributed by atoms with Crippen LogP contribution in [0.25, 0.3) is 0 Å². The van der Waals surface area contributed by atoms with Crippen LogP contribution < -0.4 is 10.6 Å². The summed E-state index contributed by atoms with van der Waals surface area (Å²) < 4.78 is 0. The number of anilines is 1. The van der Waals surface area contributed by atoms with E-state index < -0.39 is 0 Å². The Morgan fingerprint density at radius 2 is 2.27 bits per heavy atom. The van der Waals surface area contributed by atoms with E-state index in [1.807, 2.05) is 12.1 Å². The average Bonchev–Trinajstić information content (AvgIpc) is 2.22. The topological polar surface area (TPSA) is 46.3 Å². The van der Waals surface area contributed by atoms with Gasteiger partial charge in [-0.3, -0.25) is 4.79 Å². The number of nitrogens with two attached hydrogens (primary N) is 1. The Kier molecular flexibility index (Phi) is 2.62. The fourth-order valence-electron chi connectivity index (χ4n) is 2.26.